The van der Waals surface area contributed by atoms with Crippen molar-refractivity contribution in [1.29, 1.82) is 0 Å². The molecule has 5 nitrogen and oxygen atoms in total. The molecule has 0 saturated carbocycles. The summed E-state index contributed by atoms with van der Waals surface area (Å²) in [7, 11) is 0. The van der Waals surface area contributed by atoms with E-state index in [-0.39, 0.29) is 23.8 Å². The molecule has 0 aliphatic carbocycles. The molecule has 1 aliphatic heterocycles. The smallest absolute Gasteiger partial charge is 0.324 e. The zero-order valence-corrected chi connectivity index (χ0v) is 15.6. The Morgan fingerprint density at radius 1 is 1.15 bits per heavy atom. The van der Waals surface area contributed by atoms with Gasteiger partial charge < -0.3 is 10.2 Å². The van der Waals surface area contributed by atoms with Crippen molar-refractivity contribution in [1.82, 2.24) is 10.2 Å². The summed E-state index contributed by atoms with van der Waals surface area (Å²) in [5.74, 6) is -0.443. The van der Waals surface area contributed by atoms with Crippen molar-refractivity contribution in [3.05, 3.63) is 65.5 Å². The summed E-state index contributed by atoms with van der Waals surface area (Å²) in [6, 6.07) is 13.2. The van der Waals surface area contributed by atoms with Crippen LogP contribution in [0.1, 0.15) is 36.2 Å². The summed E-state index contributed by atoms with van der Waals surface area (Å²) in [5.41, 5.74) is 2.13. The van der Waals surface area contributed by atoms with Gasteiger partial charge >= 0.3 is 6.03 Å². The van der Waals surface area contributed by atoms with Gasteiger partial charge in [0, 0.05) is 36.9 Å². The number of anilines is 1. The van der Waals surface area contributed by atoms with E-state index in [2.05, 4.69) is 5.32 Å². The topological polar surface area (TPSA) is 52.7 Å². The summed E-state index contributed by atoms with van der Waals surface area (Å²) in [5, 5.41) is 2.86. The molecule has 142 valence electrons. The Kier molecular flexibility index (Phi) is 5.74. The van der Waals surface area contributed by atoms with E-state index in [1.165, 1.54) is 12.1 Å². The summed E-state index contributed by atoms with van der Waals surface area (Å²) in [6.45, 7) is 5.50. The Morgan fingerprint density at radius 3 is 2.59 bits per heavy atom. The molecule has 1 heterocycles. The minimum atomic E-state index is -0.290. The van der Waals surface area contributed by atoms with Crippen molar-refractivity contribution < 1.29 is 14.0 Å². The molecular formula is C21H24FN3O2. The summed E-state index contributed by atoms with van der Waals surface area (Å²) < 4.78 is 13.1. The fourth-order valence-electron chi connectivity index (χ4n) is 3.14. The number of nitrogens with one attached hydrogen (secondary N) is 1. The van der Waals surface area contributed by atoms with Crippen LogP contribution in [0.15, 0.2) is 48.5 Å². The number of carbonyl (C=O) groups excluding carboxylic acids is 2. The number of carbonyl (C=O) groups is 2. The highest BCUT2D eigenvalue weighted by Gasteiger charge is 2.27. The number of benzene rings is 2. The van der Waals surface area contributed by atoms with Gasteiger partial charge in [0.25, 0.3) is 5.91 Å². The van der Waals surface area contributed by atoms with Crippen molar-refractivity contribution in [2.75, 3.05) is 18.0 Å². The van der Waals surface area contributed by atoms with E-state index < -0.39 is 0 Å². The molecule has 1 N–H and O–H groups in total. The van der Waals surface area contributed by atoms with Gasteiger partial charge in [-0.25, -0.2) is 9.18 Å². The summed E-state index contributed by atoms with van der Waals surface area (Å²) in [4.78, 5) is 28.6. The average molecular weight is 369 g/mol. The van der Waals surface area contributed by atoms with Gasteiger partial charge in [-0.15, -0.1) is 0 Å². The SMILES string of the molecule is CC(C)NC(=O)c1cccc(N2CCCN(Cc3ccc(F)cc3)C2=O)c1. The van der Waals surface area contributed by atoms with Crippen LogP contribution in [0.4, 0.5) is 14.9 Å². The zero-order valence-electron chi connectivity index (χ0n) is 15.6. The quantitative estimate of drug-likeness (QED) is 0.872. The lowest BCUT2D eigenvalue weighted by Crippen LogP contribution is -2.49. The number of nitrogens with zero attached hydrogens (tertiary/aromatic N) is 2. The Morgan fingerprint density at radius 2 is 1.89 bits per heavy atom. The number of hydrogen-bond acceptors (Lipinski definition) is 2. The molecule has 1 saturated heterocycles. The first-order valence-corrected chi connectivity index (χ1v) is 9.16. The van der Waals surface area contributed by atoms with Crippen molar-refractivity contribution in [3.63, 3.8) is 0 Å². The van der Waals surface area contributed by atoms with E-state index in [1.807, 2.05) is 19.9 Å². The highest BCUT2D eigenvalue weighted by atomic mass is 19.1. The van der Waals surface area contributed by atoms with Gasteiger partial charge in [-0.3, -0.25) is 9.69 Å². The normalized spacial score (nSPS) is 14.6. The van der Waals surface area contributed by atoms with Gasteiger partial charge in [-0.2, -0.15) is 0 Å². The third kappa shape index (κ3) is 4.64. The first-order chi connectivity index (χ1) is 12.9. The van der Waals surface area contributed by atoms with Crippen LogP contribution in [0.5, 0.6) is 0 Å². The van der Waals surface area contributed by atoms with Crippen LogP contribution in [0.2, 0.25) is 0 Å². The monoisotopic (exact) mass is 369 g/mol. The molecule has 0 unspecified atom stereocenters. The fourth-order valence-corrected chi connectivity index (χ4v) is 3.14. The summed E-state index contributed by atoms with van der Waals surface area (Å²) in [6.07, 6.45) is 0.829. The van der Waals surface area contributed by atoms with Crippen molar-refractivity contribution in [2.24, 2.45) is 0 Å². The predicted octanol–water partition coefficient (Wildman–Crippen LogP) is 3.80. The van der Waals surface area contributed by atoms with E-state index in [9.17, 15) is 14.0 Å². The number of rotatable bonds is 5. The lowest BCUT2D eigenvalue weighted by atomic mass is 10.1. The number of halogens is 1. The molecular weight excluding hydrogens is 345 g/mol. The molecule has 0 atom stereocenters. The standard InChI is InChI=1S/C21H24FN3O2/c1-15(2)23-20(26)17-5-3-6-19(13-17)25-12-4-11-24(21(25)27)14-16-7-9-18(22)10-8-16/h3,5-10,13,15H,4,11-12,14H2,1-2H3,(H,23,26). The zero-order chi connectivity index (χ0) is 19.4. The first kappa shape index (κ1) is 18.9. The van der Waals surface area contributed by atoms with E-state index in [4.69, 9.17) is 0 Å². The maximum Gasteiger partial charge on any atom is 0.324 e. The van der Waals surface area contributed by atoms with Crippen LogP contribution >= 0.6 is 0 Å². The predicted molar refractivity (Wildman–Crippen MR) is 103 cm³/mol. The van der Waals surface area contributed by atoms with Gasteiger partial charge in [0.2, 0.25) is 0 Å². The third-order valence-electron chi connectivity index (χ3n) is 4.44. The van der Waals surface area contributed by atoms with Crippen molar-refractivity contribution in [3.8, 4) is 0 Å². The molecule has 1 fully saturated rings. The first-order valence-electron chi connectivity index (χ1n) is 9.16. The van der Waals surface area contributed by atoms with Gasteiger partial charge in [0.15, 0.2) is 0 Å². The second kappa shape index (κ2) is 8.20. The largest absolute Gasteiger partial charge is 0.350 e. The van der Waals surface area contributed by atoms with Crippen LogP contribution in [0.25, 0.3) is 0 Å². The summed E-state index contributed by atoms with van der Waals surface area (Å²) >= 11 is 0. The Bertz CT molecular complexity index is 820. The van der Waals surface area contributed by atoms with Gasteiger partial charge in [0.1, 0.15) is 5.82 Å². The molecule has 0 radical (unpaired) electrons. The Hall–Kier alpha value is -2.89. The molecule has 1 aliphatic rings. The van der Waals surface area contributed by atoms with Crippen molar-refractivity contribution in [2.45, 2.75) is 32.9 Å². The minimum absolute atomic E-state index is 0.0453. The average Bonchev–Trinajstić information content (AvgIpc) is 2.65. The van der Waals surface area contributed by atoms with E-state index >= 15 is 0 Å². The fraction of sp³-hybridized carbons (Fsp3) is 0.333. The maximum atomic E-state index is 13.1. The number of hydrogen-bond donors (Lipinski definition) is 1. The minimum Gasteiger partial charge on any atom is -0.350 e. The maximum absolute atomic E-state index is 13.1. The lowest BCUT2D eigenvalue weighted by molar-refractivity contribution is 0.0943. The highest BCUT2D eigenvalue weighted by Crippen LogP contribution is 2.22. The molecule has 0 spiro atoms. The van der Waals surface area contributed by atoms with Crippen LogP contribution in [-0.2, 0) is 6.54 Å². The highest BCUT2D eigenvalue weighted by molar-refractivity contribution is 5.98. The molecule has 2 aromatic rings. The second-order valence-corrected chi connectivity index (χ2v) is 7.01. The lowest BCUT2D eigenvalue weighted by Gasteiger charge is -2.35. The van der Waals surface area contributed by atoms with Crippen LogP contribution < -0.4 is 10.2 Å². The van der Waals surface area contributed by atoms with E-state index in [0.717, 1.165) is 12.0 Å². The van der Waals surface area contributed by atoms with E-state index in [1.54, 1.807) is 40.1 Å². The second-order valence-electron chi connectivity index (χ2n) is 7.01. The van der Waals surface area contributed by atoms with E-state index in [0.29, 0.717) is 30.9 Å². The Labute approximate surface area is 158 Å². The van der Waals surface area contributed by atoms with Crippen molar-refractivity contribution >= 4 is 17.6 Å². The third-order valence-corrected chi connectivity index (χ3v) is 4.44. The van der Waals surface area contributed by atoms with Gasteiger partial charge in [-0.05, 0) is 56.2 Å². The van der Waals surface area contributed by atoms with Crippen LogP contribution in [-0.4, -0.2) is 36.0 Å². The number of amides is 3. The molecule has 2 aromatic carbocycles. The van der Waals surface area contributed by atoms with Gasteiger partial charge in [0.05, 0.1) is 0 Å². The molecule has 27 heavy (non-hydrogen) atoms. The molecule has 0 aromatic heterocycles. The van der Waals surface area contributed by atoms with Crippen LogP contribution in [0, 0.1) is 5.82 Å². The number of urea groups is 1. The van der Waals surface area contributed by atoms with Crippen LogP contribution in [0.3, 0.4) is 0 Å². The molecule has 3 amide bonds. The molecule has 3 rings (SSSR count). The van der Waals surface area contributed by atoms with Gasteiger partial charge in [-0.1, -0.05) is 18.2 Å². The molecule has 6 heteroatoms. The Balaban J connectivity index is 1.75. The molecule has 0 bridgehead atoms.